The monoisotopic (exact) mass is 2000 g/mol. The number of carbonyl (C=O) groups is 8. The number of methoxy groups -OCH3 is 3. The minimum absolute atomic E-state index is 0.0466. The van der Waals surface area contributed by atoms with Crippen molar-refractivity contribution in [1.82, 2.24) is 88.9 Å². The van der Waals surface area contributed by atoms with Crippen molar-refractivity contribution in [3.05, 3.63) is 254 Å². The van der Waals surface area contributed by atoms with E-state index in [1.54, 1.807) is 104 Å². The van der Waals surface area contributed by atoms with Crippen molar-refractivity contribution in [3.63, 3.8) is 0 Å². The maximum absolute atomic E-state index is 13.1. The van der Waals surface area contributed by atoms with Crippen molar-refractivity contribution in [1.29, 1.82) is 0 Å². The lowest BCUT2D eigenvalue weighted by atomic mass is 9.82. The maximum atomic E-state index is 13.1. The fourth-order valence-corrected chi connectivity index (χ4v) is 19.4. The average Bonchev–Trinajstić information content (AvgIpc) is 1.57. The smallest absolute Gasteiger partial charge is 0.332 e. The van der Waals surface area contributed by atoms with E-state index in [0.717, 1.165) is 76.1 Å². The number of esters is 3. The van der Waals surface area contributed by atoms with Crippen LogP contribution in [-0.4, -0.2) is 220 Å². The largest absolute Gasteiger partial charge is 0.467 e. The molecule has 4 aromatic carbocycles. The highest BCUT2D eigenvalue weighted by molar-refractivity contribution is 6.28. The number of hydrogen-bond donors (Lipinski definition) is 2. The number of H-pyrrole nitrogens is 2. The predicted octanol–water partition coefficient (Wildman–Crippen LogP) is 14.9. The van der Waals surface area contributed by atoms with Gasteiger partial charge in [0.05, 0.1) is 42.3 Å². The van der Waals surface area contributed by atoms with Crippen LogP contribution in [0.3, 0.4) is 0 Å². The van der Waals surface area contributed by atoms with E-state index in [2.05, 4.69) is 69.8 Å². The molecule has 0 unspecified atom stereocenters. The van der Waals surface area contributed by atoms with Gasteiger partial charge in [-0.25, -0.2) is 64.2 Å². The molecule has 7 aliphatic rings. The van der Waals surface area contributed by atoms with Gasteiger partial charge in [0.25, 0.3) is 5.91 Å². The molecular formula is C98H103Cl2N27O17. The molecule has 0 spiro atoms. The van der Waals surface area contributed by atoms with Crippen molar-refractivity contribution >= 4 is 122 Å². The number of halogens is 2. The van der Waals surface area contributed by atoms with E-state index < -0.39 is 72.0 Å². The molecule has 44 nitrogen and oxygen atoms in total. The molecule has 16 heterocycles. The minimum Gasteiger partial charge on any atom is -0.467 e. The first-order chi connectivity index (χ1) is 69.4. The van der Waals surface area contributed by atoms with Gasteiger partial charge in [0.15, 0.2) is 11.6 Å². The fraction of sp³-hybridized carbons (Fsp3) is 0.347. The van der Waals surface area contributed by atoms with Gasteiger partial charge in [-0.1, -0.05) is 156 Å². The molecule has 7 aliphatic heterocycles. The van der Waals surface area contributed by atoms with Gasteiger partial charge < -0.3 is 38.9 Å². The van der Waals surface area contributed by atoms with Crippen molar-refractivity contribution in [2.75, 3.05) is 70.9 Å². The second-order valence-corrected chi connectivity index (χ2v) is 34.7. The number of ether oxygens (including phenoxy) is 3. The first kappa shape index (κ1) is 103. The van der Waals surface area contributed by atoms with Crippen LogP contribution in [0.5, 0.6) is 0 Å². The van der Waals surface area contributed by atoms with E-state index in [4.69, 9.17) is 47.4 Å². The number of piperidine rings is 1. The zero-order chi connectivity index (χ0) is 103. The van der Waals surface area contributed by atoms with Crippen LogP contribution in [0, 0.1) is 37.3 Å². The molecule has 5 fully saturated rings. The standard InChI is InChI=1S/C21H20N6O2.C21H19N5O2.C13H17ClN4O4.C13H16N4O5.C12H15ClN4O4.2C9H8N2/c1-3-21-10-9-16(28)27(21)18-15(25(2)19(21)29)13-23-20(24-18)26-12-11-22-17(26)14-7-5-4-6-8-14;1-2-21-9-8-17(28)26(21)19-15(12-16(21)27)13-23-20(24-19)25-11-10-22-18(25)14-6-4-3-5-7-14;1-3-13(11(19)22-2)6-4-5-7-17(13)10-9(18(20)21)8-15-12(14)16-10;1-4-13(12(19)22-3)6-5-10(18)16(13)11-9(17(20)21)7-14-8(2)15-11;1-3-12(10(18)21-2)5-4-6-16(12)9-8(17(19)20)7-14-11(13)15-9;2*1-2-4-8(5-3-1)9-10-6-7-11-9/h4-8,11-13H,3,9-10H2,1-2H3;3-7,10-11,13H,2,8-9,12H2,1H3;8H,3-7H2,1-2H3;7H,4-6H2,1-3H3;7H,3-6H2,1-2H3;2*1-7H,(H,10,11)/t2*21-;2*13-;12-;;/m00000../s1. The molecule has 9 aromatic heterocycles. The number of benzene rings is 4. The summed E-state index contributed by atoms with van der Waals surface area (Å²) in [5.74, 6) is 3.44. The van der Waals surface area contributed by atoms with E-state index >= 15 is 0 Å². The number of nitrogens with zero attached hydrogens (tertiary/aromatic N) is 25. The molecule has 46 heteroatoms. The minimum atomic E-state index is -1.27. The first-order valence-electron chi connectivity index (χ1n) is 46.4. The number of aromatic amines is 2. The van der Waals surface area contributed by atoms with Crippen LogP contribution in [0.15, 0.2) is 202 Å². The van der Waals surface area contributed by atoms with Gasteiger partial charge in [-0.2, -0.15) is 19.9 Å². The number of amides is 4. The maximum Gasteiger partial charge on any atom is 0.332 e. The predicted molar refractivity (Wildman–Crippen MR) is 529 cm³/mol. The Morgan fingerprint density at radius 3 is 1.28 bits per heavy atom. The Labute approximate surface area is 835 Å². The molecule has 4 amide bonds. The Morgan fingerprint density at radius 1 is 0.424 bits per heavy atom. The van der Waals surface area contributed by atoms with Gasteiger partial charge in [0.1, 0.15) is 86.9 Å². The second kappa shape index (κ2) is 44.9. The summed E-state index contributed by atoms with van der Waals surface area (Å²) in [7, 11) is 5.56. The number of aryl methyl sites for hydroxylation is 1. The van der Waals surface area contributed by atoms with Crippen LogP contribution in [-0.2, 0) is 59.0 Å². The molecule has 20 rings (SSSR count). The number of hydrogen-bond acceptors (Lipinski definition) is 33. The highest BCUT2D eigenvalue weighted by Gasteiger charge is 2.59. The zero-order valence-corrected chi connectivity index (χ0v) is 81.9. The summed E-state index contributed by atoms with van der Waals surface area (Å²) in [5, 5.41) is 33.4. The number of carbonyl (C=O) groups excluding carboxylic acids is 8. The third-order valence-corrected chi connectivity index (χ3v) is 26.9. The zero-order valence-electron chi connectivity index (χ0n) is 80.4. The third kappa shape index (κ3) is 20.4. The number of likely N-dealkylation sites (N-methyl/N-ethyl adjacent to an activating group) is 1. The summed E-state index contributed by atoms with van der Waals surface area (Å²) in [4.78, 5) is 206. The number of anilines is 6. The van der Waals surface area contributed by atoms with Crippen LogP contribution < -0.4 is 29.4 Å². The van der Waals surface area contributed by atoms with Crippen LogP contribution in [0.4, 0.5) is 51.8 Å². The van der Waals surface area contributed by atoms with Crippen LogP contribution in [0.1, 0.15) is 149 Å². The van der Waals surface area contributed by atoms with Crippen molar-refractivity contribution in [2.24, 2.45) is 0 Å². The van der Waals surface area contributed by atoms with Crippen LogP contribution >= 0.6 is 23.2 Å². The Hall–Kier alpha value is -16.5. The third-order valence-electron chi connectivity index (χ3n) is 26.6. The van der Waals surface area contributed by atoms with Gasteiger partial charge in [-0.3, -0.25) is 78.1 Å². The van der Waals surface area contributed by atoms with Gasteiger partial charge in [0, 0.05) is 129 Å². The lowest BCUT2D eigenvalue weighted by Gasteiger charge is -2.44. The number of Topliss-reactive ketones (excluding diaryl/α,β-unsaturated/α-hetero) is 1. The van der Waals surface area contributed by atoms with Gasteiger partial charge in [-0.15, -0.1) is 0 Å². The summed E-state index contributed by atoms with van der Waals surface area (Å²) in [5.41, 5.74) is -0.378. The molecule has 0 radical (unpaired) electrons. The molecule has 144 heavy (non-hydrogen) atoms. The highest BCUT2D eigenvalue weighted by Crippen LogP contribution is 2.50. The van der Waals surface area contributed by atoms with Gasteiger partial charge >= 0.3 is 35.0 Å². The molecule has 2 N–H and O–H groups in total. The van der Waals surface area contributed by atoms with E-state index in [9.17, 15) is 68.7 Å². The Kier molecular flexibility index (Phi) is 32.2. The highest BCUT2D eigenvalue weighted by atomic mass is 35.5. The lowest BCUT2D eigenvalue weighted by molar-refractivity contribution is -0.384. The second-order valence-electron chi connectivity index (χ2n) is 34.0. The van der Waals surface area contributed by atoms with Crippen molar-refractivity contribution in [3.8, 4) is 57.4 Å². The summed E-state index contributed by atoms with van der Waals surface area (Å²) in [6.07, 6.45) is 28.7. The van der Waals surface area contributed by atoms with E-state index in [-0.39, 0.29) is 94.4 Å². The molecule has 13 aromatic rings. The summed E-state index contributed by atoms with van der Waals surface area (Å²) in [6, 6.07) is 39.7. The van der Waals surface area contributed by atoms with Crippen LogP contribution in [0.2, 0.25) is 10.6 Å². The molecule has 746 valence electrons. The molecule has 5 saturated heterocycles. The molecule has 0 aliphatic carbocycles. The quantitative estimate of drug-likeness (QED) is 0.0235. The summed E-state index contributed by atoms with van der Waals surface area (Å²) >= 11 is 11.6. The number of nitrogens with one attached hydrogen (secondary N) is 2. The first-order valence-corrected chi connectivity index (χ1v) is 47.1. The topological polar surface area (TPSA) is 535 Å². The SMILES string of the molecule is CC[C@@]1(C(=O)OC)CCC(=O)N1c1nc(C)ncc1[N+](=O)[O-].CC[C@@]1(C(=O)OC)CCCCN1c1nc(Cl)ncc1[N+](=O)[O-].CC[C@@]1(C(=O)OC)CCCN1c1nc(Cl)ncc1[N+](=O)[O-].CC[C@@]12CCC(=O)N1c1nc(-n3ccnc3-c3ccccc3)ncc1CC2=O.CC[C@@]12CCC(=O)N1c1nc(-n3ccnc3-c3ccccc3)ncc1N(C)C2=O.c1ccc(-c2ncc[nH]2)cc1.c1ccc(-c2ncc[nH]2)cc1. The molecule has 0 bridgehead atoms. The number of nitro groups is 3. The number of imidazole rings is 4. The Morgan fingerprint density at radius 2 is 0.833 bits per heavy atom. The van der Waals surface area contributed by atoms with Gasteiger partial charge in [-0.05, 0) is 114 Å². The van der Waals surface area contributed by atoms with E-state index in [0.29, 0.717) is 124 Å². The summed E-state index contributed by atoms with van der Waals surface area (Å²) < 4.78 is 18.2. The normalized spacial score (nSPS) is 19.4. The number of fused-ring (bicyclic) bond motifs is 6. The Bertz CT molecular complexity index is 6810. The fourth-order valence-electron chi connectivity index (χ4n) is 19.1. The van der Waals surface area contributed by atoms with Crippen molar-refractivity contribution < 1.29 is 67.3 Å². The molecular weight excluding hydrogens is 1900 g/mol. The Balaban J connectivity index is 0.000000136. The number of rotatable bonds is 20. The number of aromatic nitrogens is 18. The van der Waals surface area contributed by atoms with Gasteiger partial charge in [0.2, 0.25) is 57.6 Å². The van der Waals surface area contributed by atoms with Crippen molar-refractivity contribution in [2.45, 2.75) is 178 Å². The lowest BCUT2D eigenvalue weighted by Crippen LogP contribution is -2.60. The van der Waals surface area contributed by atoms with E-state index in [1.165, 1.54) is 21.3 Å². The molecule has 0 saturated carbocycles. The van der Waals surface area contributed by atoms with Crippen LogP contribution in [0.25, 0.3) is 57.4 Å². The van der Waals surface area contributed by atoms with E-state index in [1.807, 2.05) is 161 Å². The molecule has 5 atom stereocenters. The average molecular weight is 2000 g/mol. The summed E-state index contributed by atoms with van der Waals surface area (Å²) in [6.45, 7) is 11.8. The number of ketones is 1.